The van der Waals surface area contributed by atoms with Gasteiger partial charge in [-0.25, -0.2) is 24.5 Å². The minimum atomic E-state index is 0.418. The van der Waals surface area contributed by atoms with Crippen molar-refractivity contribution >= 4 is 73.0 Å². The lowest BCUT2D eigenvalue weighted by Crippen LogP contribution is -2.09. The Balaban J connectivity index is 0.963. The number of rotatable bonds is 11. The van der Waals surface area contributed by atoms with E-state index in [-0.39, 0.29) is 0 Å². The number of para-hydroxylation sites is 4. The zero-order valence-corrected chi connectivity index (χ0v) is 41.2. The first-order chi connectivity index (χ1) is 38.0. The van der Waals surface area contributed by atoms with E-state index in [9.17, 15) is 5.26 Å². The molecule has 2 aromatic heterocycles. The Morgan fingerprint density at radius 3 is 1.36 bits per heavy atom. The smallest absolute Gasteiger partial charge is 0.198 e. The molecule has 0 N–H and O–H groups in total. The van der Waals surface area contributed by atoms with Crippen LogP contribution in [-0.2, 0) is 0 Å². The zero-order valence-electron chi connectivity index (χ0n) is 41.2. The number of aromatic nitrogens is 3. The van der Waals surface area contributed by atoms with E-state index >= 15 is 0 Å². The van der Waals surface area contributed by atoms with Crippen LogP contribution in [0.25, 0.3) is 87.1 Å². The quantitative estimate of drug-likeness (QED) is 0.121. The molecule has 0 aliphatic carbocycles. The van der Waals surface area contributed by atoms with Crippen molar-refractivity contribution in [3.63, 3.8) is 0 Å². The number of nitrogens with zero attached hydrogens (tertiary/aromatic N) is 9. The highest BCUT2D eigenvalue weighted by Gasteiger charge is 2.21. The van der Waals surface area contributed by atoms with Gasteiger partial charge in [0.1, 0.15) is 5.82 Å². The van der Waals surface area contributed by atoms with Crippen LogP contribution < -0.4 is 9.80 Å². The van der Waals surface area contributed by atoms with Crippen molar-refractivity contribution in [2.45, 2.75) is 0 Å². The summed E-state index contributed by atoms with van der Waals surface area (Å²) in [5.41, 5.74) is 16.5. The second-order valence-corrected chi connectivity index (χ2v) is 18.2. The van der Waals surface area contributed by atoms with Gasteiger partial charge in [0.05, 0.1) is 53.8 Å². The fourth-order valence-electron chi connectivity index (χ4n) is 10.0. The van der Waals surface area contributed by atoms with Gasteiger partial charge in [-0.15, -0.1) is 0 Å². The summed E-state index contributed by atoms with van der Waals surface area (Å²) in [7, 11) is 0. The summed E-state index contributed by atoms with van der Waals surface area (Å²) in [6.45, 7) is 23.3. The molecule has 10 aromatic carbocycles. The highest BCUT2D eigenvalue weighted by molar-refractivity contribution is 6.12. The molecule has 0 radical (unpaired) electrons. The summed E-state index contributed by atoms with van der Waals surface area (Å²) in [5.74, 6) is 0.418. The van der Waals surface area contributed by atoms with Gasteiger partial charge in [-0.05, 0) is 126 Å². The van der Waals surface area contributed by atoms with Crippen molar-refractivity contribution in [3.05, 3.63) is 289 Å². The van der Waals surface area contributed by atoms with E-state index in [0.717, 1.165) is 78.3 Å². The summed E-state index contributed by atoms with van der Waals surface area (Å²) < 4.78 is 2.32. The van der Waals surface area contributed by atoms with Crippen LogP contribution >= 0.6 is 0 Å². The van der Waals surface area contributed by atoms with E-state index in [4.69, 9.17) is 29.7 Å². The molecule has 0 spiro atoms. The standard InChI is InChI=1S/C68H41N9/c1-70-50-30-36-54(37-31-50)76(52-16-8-5-9-17-52)57-39-41-67-61(43-57)60-42-56(75(51-14-6-4-7-15-51)53-32-22-46(45-69)23-33-53)38-40-66(60)77(67)55-34-28-48(29-35-55)47-24-26-49(27-25-47)64-44-65(58-18-10-12-20-62(58)71-2)74-68(73-64)59-19-11-13-21-63(59)72-3/h4-44H. The Morgan fingerprint density at radius 1 is 0.390 bits per heavy atom. The van der Waals surface area contributed by atoms with E-state index in [1.165, 1.54) is 0 Å². The fraction of sp³-hybridized carbons (Fsp3) is 0. The molecular weight excluding hydrogens is 943 g/mol. The van der Waals surface area contributed by atoms with Gasteiger partial charge in [0.2, 0.25) is 0 Å². The van der Waals surface area contributed by atoms with Crippen molar-refractivity contribution in [2.24, 2.45) is 0 Å². The molecule has 0 saturated heterocycles. The van der Waals surface area contributed by atoms with E-state index in [0.29, 0.717) is 51.0 Å². The van der Waals surface area contributed by atoms with Crippen molar-refractivity contribution in [3.8, 4) is 56.8 Å². The van der Waals surface area contributed by atoms with E-state index < -0.39 is 0 Å². The molecule has 0 amide bonds. The summed E-state index contributed by atoms with van der Waals surface area (Å²) in [5, 5.41) is 11.8. The van der Waals surface area contributed by atoms with Crippen molar-refractivity contribution in [2.75, 3.05) is 9.80 Å². The molecule has 0 fully saturated rings. The monoisotopic (exact) mass is 983 g/mol. The first-order valence-corrected chi connectivity index (χ1v) is 24.8. The second kappa shape index (κ2) is 20.3. The Morgan fingerprint density at radius 2 is 0.831 bits per heavy atom. The van der Waals surface area contributed by atoms with Gasteiger partial charge in [-0.1, -0.05) is 133 Å². The van der Waals surface area contributed by atoms with Crippen LogP contribution in [0.5, 0.6) is 0 Å². The van der Waals surface area contributed by atoms with Gasteiger partial charge in [-0.2, -0.15) is 5.26 Å². The van der Waals surface area contributed by atoms with Gasteiger partial charge in [-0.3, -0.25) is 0 Å². The maximum absolute atomic E-state index is 9.67. The van der Waals surface area contributed by atoms with Crippen LogP contribution in [0.3, 0.4) is 0 Å². The SMILES string of the molecule is [C-]#[N+]c1ccc(N(c2ccccc2)c2ccc3c(c2)c2cc(N(c4ccccc4)c4ccc(C#N)cc4)ccc2n3-c2ccc(-c3ccc(-c4cc(-c5ccccc5[N+]#[C-])nc(-c5ccccc5[N+]#[C-])n4)cc3)cc2)cc1. The number of hydrogen-bond donors (Lipinski definition) is 0. The highest BCUT2D eigenvalue weighted by atomic mass is 15.2. The third-order valence-electron chi connectivity index (χ3n) is 13.7. The lowest BCUT2D eigenvalue weighted by Gasteiger charge is -2.26. The second-order valence-electron chi connectivity index (χ2n) is 18.2. The molecular formula is C68H41N9. The molecule has 0 bridgehead atoms. The van der Waals surface area contributed by atoms with Gasteiger partial charge in [0, 0.05) is 67.3 Å². The fourth-order valence-corrected chi connectivity index (χ4v) is 10.0. The van der Waals surface area contributed by atoms with Crippen LogP contribution in [0, 0.1) is 31.0 Å². The first-order valence-electron chi connectivity index (χ1n) is 24.8. The van der Waals surface area contributed by atoms with Gasteiger partial charge in [0.25, 0.3) is 0 Å². The zero-order chi connectivity index (χ0) is 52.2. The third kappa shape index (κ3) is 8.92. The number of anilines is 6. The molecule has 12 aromatic rings. The molecule has 0 unspecified atom stereocenters. The summed E-state index contributed by atoms with van der Waals surface area (Å²) in [6, 6.07) is 85.0. The predicted molar refractivity (Wildman–Crippen MR) is 311 cm³/mol. The van der Waals surface area contributed by atoms with Crippen LogP contribution in [-0.4, -0.2) is 14.5 Å². The molecule has 358 valence electrons. The van der Waals surface area contributed by atoms with Crippen LogP contribution in [0.15, 0.2) is 249 Å². The van der Waals surface area contributed by atoms with Crippen molar-refractivity contribution in [1.29, 1.82) is 5.26 Å². The predicted octanol–water partition coefficient (Wildman–Crippen LogP) is 18.7. The van der Waals surface area contributed by atoms with Gasteiger partial charge >= 0.3 is 0 Å². The Labute approximate surface area is 445 Å². The van der Waals surface area contributed by atoms with Gasteiger partial charge in [0.15, 0.2) is 17.1 Å². The van der Waals surface area contributed by atoms with E-state index in [1.54, 1.807) is 12.1 Å². The lowest BCUT2D eigenvalue weighted by molar-refractivity contribution is 1.18. The molecule has 9 nitrogen and oxygen atoms in total. The normalized spacial score (nSPS) is 10.8. The topological polar surface area (TPSA) is 74.1 Å². The van der Waals surface area contributed by atoms with E-state index in [2.05, 4.69) is 144 Å². The minimum Gasteiger partial charge on any atom is -0.311 e. The molecule has 0 aliphatic heterocycles. The molecule has 0 saturated carbocycles. The average molecular weight is 984 g/mol. The summed E-state index contributed by atoms with van der Waals surface area (Å²) >= 11 is 0. The molecule has 0 aliphatic rings. The maximum atomic E-state index is 9.67. The summed E-state index contributed by atoms with van der Waals surface area (Å²) in [6.07, 6.45) is 0. The van der Waals surface area contributed by atoms with Gasteiger partial charge < -0.3 is 14.4 Å². The molecule has 2 heterocycles. The Hall–Kier alpha value is -11.4. The molecule has 77 heavy (non-hydrogen) atoms. The van der Waals surface area contributed by atoms with Crippen LogP contribution in [0.2, 0.25) is 0 Å². The third-order valence-corrected chi connectivity index (χ3v) is 13.7. The van der Waals surface area contributed by atoms with Crippen molar-refractivity contribution in [1.82, 2.24) is 14.5 Å². The first kappa shape index (κ1) is 46.7. The molecule has 9 heteroatoms. The Bertz CT molecular complexity index is 4120. The minimum absolute atomic E-state index is 0.418. The number of fused-ring (bicyclic) bond motifs is 3. The highest BCUT2D eigenvalue weighted by Crippen LogP contribution is 2.44. The van der Waals surface area contributed by atoms with E-state index in [1.807, 2.05) is 127 Å². The Kier molecular flexibility index (Phi) is 12.3. The molecule has 12 rings (SSSR count). The molecule has 0 atom stereocenters. The largest absolute Gasteiger partial charge is 0.311 e. The number of benzene rings is 10. The van der Waals surface area contributed by atoms with Crippen LogP contribution in [0.4, 0.5) is 51.2 Å². The maximum Gasteiger partial charge on any atom is 0.198 e. The summed E-state index contributed by atoms with van der Waals surface area (Å²) in [4.78, 5) is 25.5. The van der Waals surface area contributed by atoms with Crippen LogP contribution in [0.1, 0.15) is 5.56 Å². The average Bonchev–Trinajstić information content (AvgIpc) is 3.99. The van der Waals surface area contributed by atoms with Crippen molar-refractivity contribution < 1.29 is 0 Å². The lowest BCUT2D eigenvalue weighted by atomic mass is 10.0. The number of nitriles is 1. The number of hydrogen-bond acceptors (Lipinski definition) is 5.